The van der Waals surface area contributed by atoms with Gasteiger partial charge in [-0.2, -0.15) is 5.26 Å². The van der Waals surface area contributed by atoms with Gasteiger partial charge in [0.05, 0.1) is 17.8 Å². The summed E-state index contributed by atoms with van der Waals surface area (Å²) in [5, 5.41) is 15.1. The molecule has 0 heterocycles. The van der Waals surface area contributed by atoms with E-state index in [0.717, 1.165) is 18.5 Å². The van der Waals surface area contributed by atoms with Gasteiger partial charge in [0.15, 0.2) is 0 Å². The van der Waals surface area contributed by atoms with Gasteiger partial charge < -0.3 is 10.6 Å². The number of amides is 1. The third-order valence-electron chi connectivity index (χ3n) is 3.75. The van der Waals surface area contributed by atoms with Crippen LogP contribution in [0.25, 0.3) is 0 Å². The minimum absolute atomic E-state index is 0.166. The number of benzene rings is 2. The Kier molecular flexibility index (Phi) is 5.76. The Labute approximate surface area is 137 Å². The number of para-hydroxylation sites is 2. The zero-order valence-corrected chi connectivity index (χ0v) is 13.5. The summed E-state index contributed by atoms with van der Waals surface area (Å²) in [6.07, 6.45) is 1.82. The van der Waals surface area contributed by atoms with Crippen LogP contribution in [0.4, 0.5) is 11.4 Å². The zero-order valence-electron chi connectivity index (χ0n) is 13.5. The van der Waals surface area contributed by atoms with E-state index in [0.29, 0.717) is 11.3 Å². The second-order valence-electron chi connectivity index (χ2n) is 5.22. The topological polar surface area (TPSA) is 64.9 Å². The average molecular weight is 307 g/mol. The van der Waals surface area contributed by atoms with Crippen molar-refractivity contribution in [2.75, 3.05) is 17.2 Å². The van der Waals surface area contributed by atoms with Gasteiger partial charge in [0, 0.05) is 5.69 Å². The highest BCUT2D eigenvalue weighted by atomic mass is 16.1. The Hall–Kier alpha value is -2.80. The van der Waals surface area contributed by atoms with E-state index in [1.165, 1.54) is 11.1 Å². The summed E-state index contributed by atoms with van der Waals surface area (Å²) in [5.74, 6) is -0.166. The molecule has 4 heteroatoms. The molecule has 118 valence electrons. The first-order chi connectivity index (χ1) is 11.2. The number of hydrogen-bond donors (Lipinski definition) is 2. The van der Waals surface area contributed by atoms with Gasteiger partial charge in [-0.15, -0.1) is 0 Å². The molecule has 0 aliphatic carbocycles. The Bertz CT molecular complexity index is 709. The number of rotatable bonds is 6. The molecule has 0 aromatic heterocycles. The lowest BCUT2D eigenvalue weighted by atomic mass is 10.0. The lowest BCUT2D eigenvalue weighted by molar-refractivity contribution is -0.114. The van der Waals surface area contributed by atoms with Gasteiger partial charge in [0.1, 0.15) is 6.07 Å². The Balaban J connectivity index is 2.07. The second kappa shape index (κ2) is 8.00. The number of carbonyl (C=O) groups excluding carboxylic acids is 1. The van der Waals surface area contributed by atoms with E-state index in [2.05, 4.69) is 42.7 Å². The molecule has 0 saturated heterocycles. The van der Waals surface area contributed by atoms with E-state index in [4.69, 9.17) is 5.26 Å². The molecule has 2 rings (SSSR count). The monoisotopic (exact) mass is 307 g/mol. The van der Waals surface area contributed by atoms with Gasteiger partial charge in [0.25, 0.3) is 0 Å². The van der Waals surface area contributed by atoms with Crippen molar-refractivity contribution in [3.8, 4) is 6.07 Å². The fourth-order valence-corrected chi connectivity index (χ4v) is 2.52. The molecule has 0 fully saturated rings. The molecular formula is C19H21N3O. The number of nitrogens with zero attached hydrogens (tertiary/aromatic N) is 1. The maximum Gasteiger partial charge on any atom is 0.243 e. The molecule has 2 aromatic rings. The molecule has 2 N–H and O–H groups in total. The Morgan fingerprint density at radius 1 is 1.04 bits per heavy atom. The van der Waals surface area contributed by atoms with E-state index in [1.54, 1.807) is 24.3 Å². The number of nitrogens with one attached hydrogen (secondary N) is 2. The number of nitriles is 1. The highest BCUT2D eigenvalue weighted by Crippen LogP contribution is 2.22. The molecule has 1 amide bonds. The van der Waals surface area contributed by atoms with Crippen LogP contribution in [-0.4, -0.2) is 12.5 Å². The SMILES string of the molecule is CCc1cccc(CC)c1NCC(=O)Nc1ccccc1C#N. The smallest absolute Gasteiger partial charge is 0.243 e. The standard InChI is InChI=1S/C19H21N3O/c1-3-14-9-7-10-15(4-2)19(14)21-13-18(23)22-17-11-6-5-8-16(17)12-20/h5-11,21H,3-4,13H2,1-2H3,(H,22,23). The van der Waals surface area contributed by atoms with Crippen LogP contribution in [0.3, 0.4) is 0 Å². The summed E-state index contributed by atoms with van der Waals surface area (Å²) in [6.45, 7) is 4.37. The highest BCUT2D eigenvalue weighted by Gasteiger charge is 2.09. The molecule has 0 spiro atoms. The Morgan fingerprint density at radius 2 is 1.70 bits per heavy atom. The van der Waals surface area contributed by atoms with E-state index in [-0.39, 0.29) is 12.5 Å². The van der Waals surface area contributed by atoms with Crippen molar-refractivity contribution in [1.82, 2.24) is 0 Å². The van der Waals surface area contributed by atoms with Gasteiger partial charge in [-0.1, -0.05) is 44.2 Å². The van der Waals surface area contributed by atoms with Crippen LogP contribution in [0, 0.1) is 11.3 Å². The first-order valence-electron chi connectivity index (χ1n) is 7.83. The highest BCUT2D eigenvalue weighted by molar-refractivity contribution is 5.95. The maximum absolute atomic E-state index is 12.2. The van der Waals surface area contributed by atoms with Gasteiger partial charge in [0.2, 0.25) is 5.91 Å². The quantitative estimate of drug-likeness (QED) is 0.854. The molecular weight excluding hydrogens is 286 g/mol. The maximum atomic E-state index is 12.2. The first-order valence-corrected chi connectivity index (χ1v) is 7.83. The van der Waals surface area contributed by atoms with Gasteiger partial charge in [-0.25, -0.2) is 0 Å². The molecule has 2 aromatic carbocycles. The largest absolute Gasteiger partial charge is 0.376 e. The minimum Gasteiger partial charge on any atom is -0.376 e. The van der Waals surface area contributed by atoms with E-state index in [9.17, 15) is 4.79 Å². The zero-order chi connectivity index (χ0) is 16.7. The van der Waals surface area contributed by atoms with Crippen LogP contribution in [0.1, 0.15) is 30.5 Å². The normalized spacial score (nSPS) is 9.96. The first kappa shape index (κ1) is 16.6. The van der Waals surface area contributed by atoms with Crippen LogP contribution in [0.5, 0.6) is 0 Å². The van der Waals surface area contributed by atoms with Crippen LogP contribution >= 0.6 is 0 Å². The number of hydrogen-bond acceptors (Lipinski definition) is 3. The fourth-order valence-electron chi connectivity index (χ4n) is 2.52. The molecule has 0 radical (unpaired) electrons. The average Bonchev–Trinajstić information content (AvgIpc) is 2.59. The lowest BCUT2D eigenvalue weighted by Gasteiger charge is -2.15. The molecule has 0 bridgehead atoms. The summed E-state index contributed by atoms with van der Waals surface area (Å²) in [4.78, 5) is 12.2. The summed E-state index contributed by atoms with van der Waals surface area (Å²) in [6, 6.07) is 15.3. The second-order valence-corrected chi connectivity index (χ2v) is 5.22. The van der Waals surface area contributed by atoms with Crippen molar-refractivity contribution < 1.29 is 4.79 Å². The summed E-state index contributed by atoms with van der Waals surface area (Å²) in [5.41, 5.74) is 4.45. The van der Waals surface area contributed by atoms with Crippen LogP contribution in [-0.2, 0) is 17.6 Å². The van der Waals surface area contributed by atoms with Crippen molar-refractivity contribution in [2.24, 2.45) is 0 Å². The van der Waals surface area contributed by atoms with Gasteiger partial charge >= 0.3 is 0 Å². The van der Waals surface area contributed by atoms with Crippen LogP contribution in [0.15, 0.2) is 42.5 Å². The molecule has 0 atom stereocenters. The molecule has 0 saturated carbocycles. The lowest BCUT2D eigenvalue weighted by Crippen LogP contribution is -2.23. The molecule has 23 heavy (non-hydrogen) atoms. The third-order valence-corrected chi connectivity index (χ3v) is 3.75. The molecule has 0 unspecified atom stereocenters. The van der Waals surface area contributed by atoms with E-state index in [1.807, 2.05) is 6.07 Å². The summed E-state index contributed by atoms with van der Waals surface area (Å²) < 4.78 is 0. The Morgan fingerprint density at radius 3 is 2.30 bits per heavy atom. The number of carbonyl (C=O) groups is 1. The fraction of sp³-hybridized carbons (Fsp3) is 0.263. The summed E-state index contributed by atoms with van der Waals surface area (Å²) >= 11 is 0. The summed E-state index contributed by atoms with van der Waals surface area (Å²) in [7, 11) is 0. The third kappa shape index (κ3) is 4.10. The predicted molar refractivity (Wildman–Crippen MR) is 93.5 cm³/mol. The van der Waals surface area contributed by atoms with Gasteiger partial charge in [-0.05, 0) is 36.1 Å². The van der Waals surface area contributed by atoms with Crippen LogP contribution < -0.4 is 10.6 Å². The van der Waals surface area contributed by atoms with E-state index < -0.39 is 0 Å². The van der Waals surface area contributed by atoms with Crippen molar-refractivity contribution in [3.05, 3.63) is 59.2 Å². The van der Waals surface area contributed by atoms with Crippen molar-refractivity contribution >= 4 is 17.3 Å². The van der Waals surface area contributed by atoms with Crippen molar-refractivity contribution in [3.63, 3.8) is 0 Å². The molecule has 0 aliphatic rings. The number of aryl methyl sites for hydroxylation is 2. The van der Waals surface area contributed by atoms with Gasteiger partial charge in [-0.3, -0.25) is 4.79 Å². The molecule has 4 nitrogen and oxygen atoms in total. The van der Waals surface area contributed by atoms with Crippen LogP contribution in [0.2, 0.25) is 0 Å². The van der Waals surface area contributed by atoms with E-state index >= 15 is 0 Å². The minimum atomic E-state index is -0.166. The molecule has 0 aliphatic heterocycles. The number of anilines is 2. The van der Waals surface area contributed by atoms with Crippen molar-refractivity contribution in [2.45, 2.75) is 26.7 Å². The van der Waals surface area contributed by atoms with Crippen molar-refractivity contribution in [1.29, 1.82) is 5.26 Å². The predicted octanol–water partition coefficient (Wildman–Crippen LogP) is 3.73.